The minimum Gasteiger partial charge on any atom is -0.466 e. The van der Waals surface area contributed by atoms with Gasteiger partial charge >= 0.3 is 18.1 Å². The number of aryl methyl sites for hydroxylation is 1. The number of rotatable bonds is 6. The van der Waals surface area contributed by atoms with Gasteiger partial charge in [0.05, 0.1) is 42.0 Å². The number of alkyl halides is 3. The highest BCUT2D eigenvalue weighted by Gasteiger charge is 2.44. The number of sulfonamides is 1. The van der Waals surface area contributed by atoms with Crippen LogP contribution >= 0.6 is 0 Å². The Morgan fingerprint density at radius 2 is 1.40 bits per heavy atom. The quantitative estimate of drug-likeness (QED) is 0.311. The molecule has 0 saturated heterocycles. The summed E-state index contributed by atoms with van der Waals surface area (Å²) < 4.78 is 80.0. The molecule has 3 aromatic carbocycles. The number of hydrogen-bond donors (Lipinski definition) is 0. The van der Waals surface area contributed by atoms with Crippen molar-refractivity contribution in [2.24, 2.45) is 0 Å². The molecule has 2 aliphatic rings. The molecule has 0 radical (unpaired) electrons. The van der Waals surface area contributed by atoms with Gasteiger partial charge in [-0.3, -0.25) is 0 Å². The molecule has 2 aliphatic heterocycles. The largest absolute Gasteiger partial charge is 0.466 e. The molecule has 0 fully saturated rings. The number of esters is 2. The molecule has 5 rings (SSSR count). The van der Waals surface area contributed by atoms with Crippen molar-refractivity contribution in [1.29, 1.82) is 0 Å². The Labute approximate surface area is 258 Å². The smallest absolute Gasteiger partial charge is 0.416 e. The number of allylic oxidation sites excluding steroid dienone is 2. The molecule has 0 aromatic heterocycles. The normalized spacial score (nSPS) is 16.8. The summed E-state index contributed by atoms with van der Waals surface area (Å²) in [6, 6.07) is 17.7. The van der Waals surface area contributed by atoms with Crippen LogP contribution in [0.2, 0.25) is 0 Å². The Kier molecular flexibility index (Phi) is 8.44. The van der Waals surface area contributed by atoms with Gasteiger partial charge in [-0.05, 0) is 48.4 Å². The van der Waals surface area contributed by atoms with E-state index in [1.807, 2.05) is 0 Å². The lowest BCUT2D eigenvalue weighted by molar-refractivity contribution is -0.140. The molecular weight excluding hydrogens is 609 g/mol. The predicted molar refractivity (Wildman–Crippen MR) is 160 cm³/mol. The average molecular weight is 637 g/mol. The zero-order chi connectivity index (χ0) is 32.5. The maximum absolute atomic E-state index is 14.3. The molecule has 8 nitrogen and oxygen atoms in total. The molecule has 45 heavy (non-hydrogen) atoms. The highest BCUT2D eigenvalue weighted by atomic mass is 32.2. The number of carbonyl (C=O) groups is 2. The Morgan fingerprint density at radius 3 is 1.98 bits per heavy atom. The predicted octanol–water partition coefficient (Wildman–Crippen LogP) is 5.90. The van der Waals surface area contributed by atoms with Crippen molar-refractivity contribution in [2.75, 3.05) is 14.2 Å². The fourth-order valence-corrected chi connectivity index (χ4v) is 6.45. The standard InChI is InChI=1S/C33H27F3N2O6S/c1-21-12-18-25(19-13-21)45(41,42)37-20-28(23-14-16-24(17-15-23)33(34,35)36)38-26(22-8-5-4-6-9-22)10-7-11-27(38)29(31(39)43-2)30(37)32(40)44-3/h4-20,27H,1-3H3. The highest BCUT2D eigenvalue weighted by Crippen LogP contribution is 2.43. The molecule has 2 heterocycles. The van der Waals surface area contributed by atoms with Crippen LogP contribution in [0.5, 0.6) is 0 Å². The second-order valence-electron chi connectivity index (χ2n) is 10.1. The number of nitrogens with zero attached hydrogens (tertiary/aromatic N) is 2. The van der Waals surface area contributed by atoms with Gasteiger partial charge in [-0.2, -0.15) is 13.2 Å². The fraction of sp³-hybridized carbons (Fsp3) is 0.152. The maximum Gasteiger partial charge on any atom is 0.416 e. The third-order valence-electron chi connectivity index (χ3n) is 7.29. The lowest BCUT2D eigenvalue weighted by atomic mass is 9.95. The molecule has 0 bridgehead atoms. The van der Waals surface area contributed by atoms with Crippen LogP contribution in [0.3, 0.4) is 0 Å². The Bertz CT molecular complexity index is 1860. The van der Waals surface area contributed by atoms with Gasteiger partial charge < -0.3 is 14.4 Å². The van der Waals surface area contributed by atoms with Crippen molar-refractivity contribution in [3.05, 3.63) is 137 Å². The zero-order valence-corrected chi connectivity index (χ0v) is 25.1. The Hall–Kier alpha value is -5.10. The monoisotopic (exact) mass is 636 g/mol. The van der Waals surface area contributed by atoms with E-state index in [0.717, 1.165) is 38.1 Å². The second-order valence-corrected chi connectivity index (χ2v) is 11.9. The number of methoxy groups -OCH3 is 2. The van der Waals surface area contributed by atoms with E-state index in [4.69, 9.17) is 9.47 Å². The van der Waals surface area contributed by atoms with E-state index in [9.17, 15) is 31.2 Å². The summed E-state index contributed by atoms with van der Waals surface area (Å²) in [5.41, 5.74) is 0.204. The number of benzene rings is 3. The summed E-state index contributed by atoms with van der Waals surface area (Å²) in [5.74, 6) is -2.17. The molecule has 0 spiro atoms. The number of halogens is 3. The molecule has 0 aliphatic carbocycles. The van der Waals surface area contributed by atoms with Crippen LogP contribution in [0.15, 0.2) is 119 Å². The minimum absolute atomic E-state index is 0.0733. The first-order chi connectivity index (χ1) is 21.4. The SMILES string of the molecule is COC(=O)C1=C(C(=O)OC)N(S(=O)(=O)c2ccc(C)cc2)C=C(c2ccc(C(F)(F)F)cc2)N2C(c3ccccc3)=CC=CC12. The lowest BCUT2D eigenvalue weighted by Gasteiger charge is -2.37. The van der Waals surface area contributed by atoms with Gasteiger partial charge in [-0.15, -0.1) is 0 Å². The number of fused-ring (bicyclic) bond motifs is 1. The molecular formula is C33H27F3N2O6S. The molecule has 1 atom stereocenters. The number of hydrogen-bond acceptors (Lipinski definition) is 7. The molecule has 232 valence electrons. The highest BCUT2D eigenvalue weighted by molar-refractivity contribution is 7.89. The van der Waals surface area contributed by atoms with Gasteiger partial charge in [0.2, 0.25) is 0 Å². The van der Waals surface area contributed by atoms with E-state index >= 15 is 0 Å². The van der Waals surface area contributed by atoms with Crippen molar-refractivity contribution in [3.8, 4) is 0 Å². The van der Waals surface area contributed by atoms with Gasteiger partial charge in [0, 0.05) is 11.9 Å². The van der Waals surface area contributed by atoms with E-state index in [2.05, 4.69) is 0 Å². The van der Waals surface area contributed by atoms with Gasteiger partial charge in [0.1, 0.15) is 0 Å². The van der Waals surface area contributed by atoms with E-state index in [1.165, 1.54) is 24.3 Å². The summed E-state index contributed by atoms with van der Waals surface area (Å²) in [5, 5.41) is 0. The minimum atomic E-state index is -4.64. The summed E-state index contributed by atoms with van der Waals surface area (Å²) in [6.45, 7) is 1.77. The van der Waals surface area contributed by atoms with Crippen LogP contribution in [-0.2, 0) is 35.3 Å². The Balaban J connectivity index is 1.89. The number of ether oxygens (including phenoxy) is 2. The summed E-state index contributed by atoms with van der Waals surface area (Å²) >= 11 is 0. The van der Waals surface area contributed by atoms with Gasteiger partial charge in [-0.25, -0.2) is 22.3 Å². The van der Waals surface area contributed by atoms with Crippen LogP contribution in [0, 0.1) is 6.92 Å². The van der Waals surface area contributed by atoms with Crippen molar-refractivity contribution in [3.63, 3.8) is 0 Å². The first-order valence-corrected chi connectivity index (χ1v) is 15.0. The Morgan fingerprint density at radius 1 is 0.800 bits per heavy atom. The summed E-state index contributed by atoms with van der Waals surface area (Å²) in [4.78, 5) is 28.4. The molecule has 1 unspecified atom stereocenters. The topological polar surface area (TPSA) is 93.2 Å². The second kappa shape index (κ2) is 12.1. The molecule has 0 amide bonds. The summed E-state index contributed by atoms with van der Waals surface area (Å²) in [7, 11) is -2.51. The van der Waals surface area contributed by atoms with Crippen molar-refractivity contribution in [1.82, 2.24) is 9.21 Å². The molecule has 0 N–H and O–H groups in total. The zero-order valence-electron chi connectivity index (χ0n) is 24.3. The van der Waals surface area contributed by atoms with Crippen LogP contribution in [-0.4, -0.2) is 49.8 Å². The maximum atomic E-state index is 14.3. The van der Waals surface area contributed by atoms with E-state index < -0.39 is 45.4 Å². The lowest BCUT2D eigenvalue weighted by Crippen LogP contribution is -2.38. The fourth-order valence-electron chi connectivity index (χ4n) is 5.09. The van der Waals surface area contributed by atoms with Gasteiger partial charge in [0.25, 0.3) is 10.0 Å². The van der Waals surface area contributed by atoms with Gasteiger partial charge in [-0.1, -0.05) is 72.3 Å². The molecule has 3 aromatic rings. The van der Waals surface area contributed by atoms with Crippen molar-refractivity contribution >= 4 is 33.4 Å². The average Bonchev–Trinajstić information content (AvgIpc) is 3.20. The van der Waals surface area contributed by atoms with Crippen molar-refractivity contribution < 1.29 is 40.7 Å². The van der Waals surface area contributed by atoms with Crippen LogP contribution in [0.4, 0.5) is 13.2 Å². The van der Waals surface area contributed by atoms with E-state index in [0.29, 0.717) is 15.6 Å². The molecule has 12 heteroatoms. The van der Waals surface area contributed by atoms with Crippen molar-refractivity contribution in [2.45, 2.75) is 24.0 Å². The van der Waals surface area contributed by atoms with E-state index in [-0.39, 0.29) is 21.7 Å². The van der Waals surface area contributed by atoms with Crippen LogP contribution < -0.4 is 0 Å². The first-order valence-electron chi connectivity index (χ1n) is 13.5. The van der Waals surface area contributed by atoms with E-state index in [1.54, 1.807) is 72.5 Å². The third kappa shape index (κ3) is 5.88. The summed E-state index contributed by atoms with van der Waals surface area (Å²) in [6.07, 6.45) is 1.39. The van der Waals surface area contributed by atoms with Crippen LogP contribution in [0.25, 0.3) is 11.4 Å². The van der Waals surface area contributed by atoms with Crippen LogP contribution in [0.1, 0.15) is 22.3 Å². The third-order valence-corrected chi connectivity index (χ3v) is 8.97. The molecule has 0 saturated carbocycles. The van der Waals surface area contributed by atoms with Gasteiger partial charge in [0.15, 0.2) is 5.70 Å². The first kappa shape index (κ1) is 31.3. The number of carbonyl (C=O) groups excluding carboxylic acids is 2.